The van der Waals surface area contributed by atoms with E-state index < -0.39 is 0 Å². The summed E-state index contributed by atoms with van der Waals surface area (Å²) in [5, 5.41) is 3.64. The molecule has 1 aliphatic rings. The maximum atomic E-state index is 3.64. The lowest BCUT2D eigenvalue weighted by Gasteiger charge is -2.25. The molecule has 1 aromatic rings. The lowest BCUT2D eigenvalue weighted by atomic mass is 10.1. The third-order valence-corrected chi connectivity index (χ3v) is 4.46. The number of hydrogen-bond acceptors (Lipinski definition) is 2. The van der Waals surface area contributed by atoms with Crippen molar-refractivity contribution in [2.24, 2.45) is 5.92 Å². The summed E-state index contributed by atoms with van der Waals surface area (Å²) in [4.78, 5) is 2.56. The first-order chi connectivity index (χ1) is 9.39. The SMILES string of the molecule is CCc1cc(Br)ccc1N1CCC(CNC(C)(C)C)C1. The molecular formula is C17H27BrN2. The van der Waals surface area contributed by atoms with Gasteiger partial charge in [-0.1, -0.05) is 22.9 Å². The minimum absolute atomic E-state index is 0.222. The summed E-state index contributed by atoms with van der Waals surface area (Å²) in [5.74, 6) is 0.766. The first-order valence-corrected chi connectivity index (χ1v) is 8.47. The zero-order valence-electron chi connectivity index (χ0n) is 13.2. The number of benzene rings is 1. The maximum Gasteiger partial charge on any atom is 0.0399 e. The van der Waals surface area contributed by atoms with E-state index in [0.717, 1.165) is 18.9 Å². The van der Waals surface area contributed by atoms with Gasteiger partial charge in [-0.3, -0.25) is 0 Å². The van der Waals surface area contributed by atoms with Crippen LogP contribution in [-0.4, -0.2) is 25.2 Å². The predicted molar refractivity (Wildman–Crippen MR) is 91.6 cm³/mol. The van der Waals surface area contributed by atoms with Crippen molar-refractivity contribution in [2.45, 2.75) is 46.1 Å². The fourth-order valence-electron chi connectivity index (χ4n) is 2.81. The van der Waals surface area contributed by atoms with Gasteiger partial charge in [0.05, 0.1) is 0 Å². The quantitative estimate of drug-likeness (QED) is 0.883. The second kappa shape index (κ2) is 6.48. The van der Waals surface area contributed by atoms with Crippen LogP contribution in [0, 0.1) is 5.92 Å². The molecule has 1 heterocycles. The molecule has 0 saturated carbocycles. The molecule has 3 heteroatoms. The summed E-state index contributed by atoms with van der Waals surface area (Å²) in [7, 11) is 0. The fraction of sp³-hybridized carbons (Fsp3) is 0.647. The molecule has 1 N–H and O–H groups in total. The lowest BCUT2D eigenvalue weighted by Crippen LogP contribution is -2.39. The number of halogens is 1. The van der Waals surface area contributed by atoms with Crippen molar-refractivity contribution >= 4 is 21.6 Å². The highest BCUT2D eigenvalue weighted by Crippen LogP contribution is 2.29. The first kappa shape index (κ1) is 15.8. The molecule has 1 saturated heterocycles. The Morgan fingerprint density at radius 2 is 2.10 bits per heavy atom. The summed E-state index contributed by atoms with van der Waals surface area (Å²) in [6.07, 6.45) is 2.39. The van der Waals surface area contributed by atoms with Crippen LogP contribution in [-0.2, 0) is 6.42 Å². The molecule has 1 unspecified atom stereocenters. The second-order valence-electron chi connectivity index (χ2n) is 6.86. The normalized spacial score (nSPS) is 19.6. The number of hydrogen-bond donors (Lipinski definition) is 1. The average Bonchev–Trinajstić information content (AvgIpc) is 2.84. The Morgan fingerprint density at radius 1 is 1.35 bits per heavy atom. The summed E-state index contributed by atoms with van der Waals surface area (Å²) in [6, 6.07) is 6.69. The third kappa shape index (κ3) is 4.23. The van der Waals surface area contributed by atoms with Crippen LogP contribution in [0.5, 0.6) is 0 Å². The lowest BCUT2D eigenvalue weighted by molar-refractivity contribution is 0.383. The average molecular weight is 339 g/mol. The van der Waals surface area contributed by atoms with Gasteiger partial charge in [0.1, 0.15) is 0 Å². The Balaban J connectivity index is 1.99. The molecule has 1 aliphatic heterocycles. The van der Waals surface area contributed by atoms with Crippen molar-refractivity contribution < 1.29 is 0 Å². The van der Waals surface area contributed by atoms with E-state index in [9.17, 15) is 0 Å². The minimum Gasteiger partial charge on any atom is -0.371 e. The first-order valence-electron chi connectivity index (χ1n) is 7.67. The molecule has 112 valence electrons. The Hall–Kier alpha value is -0.540. The highest BCUT2D eigenvalue weighted by molar-refractivity contribution is 9.10. The summed E-state index contributed by atoms with van der Waals surface area (Å²) in [6.45, 7) is 12.4. The zero-order valence-corrected chi connectivity index (χ0v) is 14.8. The molecule has 1 fully saturated rings. The fourth-order valence-corrected chi connectivity index (χ4v) is 3.22. The van der Waals surface area contributed by atoms with E-state index in [-0.39, 0.29) is 5.54 Å². The number of anilines is 1. The van der Waals surface area contributed by atoms with Crippen LogP contribution in [0.2, 0.25) is 0 Å². The molecular weight excluding hydrogens is 312 g/mol. The molecule has 1 aromatic carbocycles. The largest absolute Gasteiger partial charge is 0.371 e. The Bertz CT molecular complexity index is 451. The van der Waals surface area contributed by atoms with E-state index in [1.54, 1.807) is 0 Å². The molecule has 0 spiro atoms. The number of nitrogens with one attached hydrogen (secondary N) is 1. The van der Waals surface area contributed by atoms with E-state index in [2.05, 4.69) is 72.0 Å². The van der Waals surface area contributed by atoms with E-state index >= 15 is 0 Å². The van der Waals surface area contributed by atoms with Gasteiger partial charge in [0.15, 0.2) is 0 Å². The van der Waals surface area contributed by atoms with Crippen molar-refractivity contribution in [1.29, 1.82) is 0 Å². The Labute approximate surface area is 132 Å². The number of nitrogens with zero attached hydrogens (tertiary/aromatic N) is 1. The molecule has 0 radical (unpaired) electrons. The van der Waals surface area contributed by atoms with Gasteiger partial charge in [0.2, 0.25) is 0 Å². The topological polar surface area (TPSA) is 15.3 Å². The van der Waals surface area contributed by atoms with Crippen LogP contribution >= 0.6 is 15.9 Å². The summed E-state index contributed by atoms with van der Waals surface area (Å²) >= 11 is 3.58. The predicted octanol–water partition coefficient (Wildman–Crippen LogP) is 4.23. The molecule has 20 heavy (non-hydrogen) atoms. The highest BCUT2D eigenvalue weighted by atomic mass is 79.9. The van der Waals surface area contributed by atoms with E-state index in [1.807, 2.05) is 0 Å². The molecule has 0 bridgehead atoms. The van der Waals surface area contributed by atoms with Gasteiger partial charge < -0.3 is 10.2 Å². The van der Waals surface area contributed by atoms with E-state index in [4.69, 9.17) is 0 Å². The monoisotopic (exact) mass is 338 g/mol. The van der Waals surface area contributed by atoms with Gasteiger partial charge in [-0.2, -0.15) is 0 Å². The van der Waals surface area contributed by atoms with Crippen LogP contribution in [0.25, 0.3) is 0 Å². The van der Waals surface area contributed by atoms with E-state index in [0.29, 0.717) is 0 Å². The number of rotatable bonds is 4. The zero-order chi connectivity index (χ0) is 14.8. The van der Waals surface area contributed by atoms with Crippen molar-refractivity contribution in [1.82, 2.24) is 5.32 Å². The van der Waals surface area contributed by atoms with Crippen LogP contribution in [0.15, 0.2) is 22.7 Å². The molecule has 2 nitrogen and oxygen atoms in total. The van der Waals surface area contributed by atoms with Crippen molar-refractivity contribution in [3.63, 3.8) is 0 Å². The van der Waals surface area contributed by atoms with Crippen LogP contribution < -0.4 is 10.2 Å². The molecule has 2 rings (SSSR count). The van der Waals surface area contributed by atoms with E-state index in [1.165, 1.54) is 35.2 Å². The van der Waals surface area contributed by atoms with Crippen LogP contribution in [0.3, 0.4) is 0 Å². The second-order valence-corrected chi connectivity index (χ2v) is 7.77. The van der Waals surface area contributed by atoms with Gasteiger partial charge in [-0.15, -0.1) is 0 Å². The molecule has 0 aliphatic carbocycles. The molecule has 1 atom stereocenters. The number of aryl methyl sites for hydroxylation is 1. The van der Waals surface area contributed by atoms with Crippen molar-refractivity contribution in [3.05, 3.63) is 28.2 Å². The van der Waals surface area contributed by atoms with Crippen LogP contribution in [0.1, 0.15) is 39.7 Å². The van der Waals surface area contributed by atoms with Crippen molar-refractivity contribution in [2.75, 3.05) is 24.5 Å². The Morgan fingerprint density at radius 3 is 2.75 bits per heavy atom. The molecule has 0 amide bonds. The highest BCUT2D eigenvalue weighted by Gasteiger charge is 2.25. The summed E-state index contributed by atoms with van der Waals surface area (Å²) in [5.41, 5.74) is 3.09. The van der Waals surface area contributed by atoms with Gasteiger partial charge in [0.25, 0.3) is 0 Å². The van der Waals surface area contributed by atoms with Gasteiger partial charge in [-0.25, -0.2) is 0 Å². The summed E-state index contributed by atoms with van der Waals surface area (Å²) < 4.78 is 1.18. The van der Waals surface area contributed by atoms with Gasteiger partial charge >= 0.3 is 0 Å². The maximum absolute atomic E-state index is 3.64. The smallest absolute Gasteiger partial charge is 0.0399 e. The Kier molecular flexibility index (Phi) is 5.14. The third-order valence-electron chi connectivity index (χ3n) is 3.97. The standard InChI is InChI=1S/C17H27BrN2/c1-5-14-10-15(18)6-7-16(14)20-9-8-13(12-20)11-19-17(2,3)4/h6-7,10,13,19H,5,8-9,11-12H2,1-4H3. The van der Waals surface area contributed by atoms with Gasteiger partial charge in [0, 0.05) is 35.3 Å². The van der Waals surface area contributed by atoms with Crippen molar-refractivity contribution in [3.8, 4) is 0 Å². The van der Waals surface area contributed by atoms with Gasteiger partial charge in [-0.05, 0) is 63.3 Å². The molecule has 0 aromatic heterocycles. The minimum atomic E-state index is 0.222. The van der Waals surface area contributed by atoms with Crippen LogP contribution in [0.4, 0.5) is 5.69 Å².